The molecule has 0 atom stereocenters. The Kier molecular flexibility index (Phi) is 3.66. The van der Waals surface area contributed by atoms with Gasteiger partial charge in [-0.05, 0) is 30.3 Å². The Balaban J connectivity index is 2.10. The number of hydrogen-bond donors (Lipinski definition) is 1. The molecular formula is C16H14BrN3O. The minimum absolute atomic E-state index is 0.611. The number of para-hydroxylation sites is 1. The summed E-state index contributed by atoms with van der Waals surface area (Å²) in [6, 6.07) is 15.6. The second-order valence-electron chi connectivity index (χ2n) is 4.56. The van der Waals surface area contributed by atoms with E-state index in [0.717, 1.165) is 21.5 Å². The third-order valence-corrected chi connectivity index (χ3v) is 3.67. The molecule has 0 aliphatic carbocycles. The van der Waals surface area contributed by atoms with Crippen LogP contribution >= 0.6 is 15.9 Å². The first-order valence-corrected chi connectivity index (χ1v) is 7.23. The molecule has 5 heteroatoms. The molecule has 0 radical (unpaired) electrons. The van der Waals surface area contributed by atoms with Crippen molar-refractivity contribution in [3.63, 3.8) is 0 Å². The largest absolute Gasteiger partial charge is 0.496 e. The first-order valence-electron chi connectivity index (χ1n) is 6.43. The van der Waals surface area contributed by atoms with E-state index in [0.29, 0.717) is 11.4 Å². The number of aromatic nitrogens is 2. The summed E-state index contributed by atoms with van der Waals surface area (Å²) in [5.41, 5.74) is 9.27. The Morgan fingerprint density at radius 1 is 1.14 bits per heavy atom. The van der Waals surface area contributed by atoms with Gasteiger partial charge in [0.05, 0.1) is 24.7 Å². The first kappa shape index (κ1) is 13.7. The van der Waals surface area contributed by atoms with Crippen LogP contribution < -0.4 is 10.5 Å². The average molecular weight is 344 g/mol. The van der Waals surface area contributed by atoms with E-state index in [1.807, 2.05) is 54.7 Å². The van der Waals surface area contributed by atoms with Crippen LogP contribution in [0.15, 0.2) is 59.2 Å². The van der Waals surface area contributed by atoms with Gasteiger partial charge in [-0.2, -0.15) is 5.10 Å². The highest BCUT2D eigenvalue weighted by molar-refractivity contribution is 9.10. The van der Waals surface area contributed by atoms with Crippen molar-refractivity contribution in [2.45, 2.75) is 0 Å². The predicted octanol–water partition coefficient (Wildman–Crippen LogP) is 3.89. The molecule has 3 rings (SSSR count). The molecule has 3 aromatic rings. The number of rotatable bonds is 3. The Morgan fingerprint density at radius 2 is 1.95 bits per heavy atom. The van der Waals surface area contributed by atoms with Crippen LogP contribution in [0.3, 0.4) is 0 Å². The fourth-order valence-corrected chi connectivity index (χ4v) is 2.57. The third-order valence-electron chi connectivity index (χ3n) is 3.18. The second-order valence-corrected chi connectivity index (χ2v) is 5.47. The minimum Gasteiger partial charge on any atom is -0.496 e. The van der Waals surface area contributed by atoms with Crippen molar-refractivity contribution >= 4 is 21.6 Å². The number of halogens is 1. The van der Waals surface area contributed by atoms with Crippen molar-refractivity contribution in [3.05, 3.63) is 59.2 Å². The summed E-state index contributed by atoms with van der Waals surface area (Å²) in [5, 5.41) is 4.59. The van der Waals surface area contributed by atoms with Crippen molar-refractivity contribution in [2.75, 3.05) is 12.8 Å². The van der Waals surface area contributed by atoms with Crippen LogP contribution in [0.25, 0.3) is 16.9 Å². The van der Waals surface area contributed by atoms with Gasteiger partial charge in [-0.25, -0.2) is 4.68 Å². The molecule has 0 saturated carbocycles. The molecule has 0 bridgehead atoms. The lowest BCUT2D eigenvalue weighted by Gasteiger charge is -2.06. The normalized spacial score (nSPS) is 10.6. The van der Waals surface area contributed by atoms with E-state index in [2.05, 4.69) is 21.0 Å². The Hall–Kier alpha value is -2.27. The highest BCUT2D eigenvalue weighted by atomic mass is 79.9. The summed E-state index contributed by atoms with van der Waals surface area (Å²) in [7, 11) is 1.64. The number of methoxy groups -OCH3 is 1. The van der Waals surface area contributed by atoms with Crippen molar-refractivity contribution in [1.29, 1.82) is 0 Å². The quantitative estimate of drug-likeness (QED) is 0.784. The highest BCUT2D eigenvalue weighted by Gasteiger charge is 2.13. The van der Waals surface area contributed by atoms with Gasteiger partial charge in [0.25, 0.3) is 0 Å². The molecule has 0 saturated heterocycles. The van der Waals surface area contributed by atoms with Gasteiger partial charge in [-0.1, -0.05) is 34.1 Å². The van der Waals surface area contributed by atoms with Gasteiger partial charge >= 0.3 is 0 Å². The lowest BCUT2D eigenvalue weighted by Crippen LogP contribution is -1.95. The number of nitrogen functional groups attached to an aromatic ring is 1. The summed E-state index contributed by atoms with van der Waals surface area (Å²) in [4.78, 5) is 0. The Labute approximate surface area is 131 Å². The summed E-state index contributed by atoms with van der Waals surface area (Å²) in [6.07, 6.45) is 1.81. The van der Waals surface area contributed by atoms with Gasteiger partial charge < -0.3 is 10.5 Å². The molecule has 2 aromatic carbocycles. The van der Waals surface area contributed by atoms with E-state index in [9.17, 15) is 0 Å². The summed E-state index contributed by atoms with van der Waals surface area (Å²) < 4.78 is 8.14. The molecule has 0 unspecified atom stereocenters. The number of nitrogens with zero attached hydrogens (tertiary/aromatic N) is 2. The zero-order valence-electron chi connectivity index (χ0n) is 11.5. The van der Waals surface area contributed by atoms with E-state index < -0.39 is 0 Å². The number of nitrogens with two attached hydrogens (primary N) is 1. The molecule has 1 heterocycles. The summed E-state index contributed by atoms with van der Waals surface area (Å²) in [5.74, 6) is 0.753. The number of ether oxygens (including phenoxy) is 1. The summed E-state index contributed by atoms with van der Waals surface area (Å²) >= 11 is 3.46. The smallest absolute Gasteiger partial charge is 0.128 e. The number of benzene rings is 2. The fourth-order valence-electron chi connectivity index (χ4n) is 2.19. The summed E-state index contributed by atoms with van der Waals surface area (Å²) in [6.45, 7) is 0. The maximum Gasteiger partial charge on any atom is 0.128 e. The third kappa shape index (κ3) is 2.64. The molecule has 0 aliphatic heterocycles. The van der Waals surface area contributed by atoms with Crippen LogP contribution in [0, 0.1) is 0 Å². The van der Waals surface area contributed by atoms with E-state index in [-0.39, 0.29) is 0 Å². The van der Waals surface area contributed by atoms with Crippen LogP contribution in [0.4, 0.5) is 5.69 Å². The molecular weight excluding hydrogens is 330 g/mol. The molecule has 0 amide bonds. The van der Waals surface area contributed by atoms with Gasteiger partial charge in [-0.15, -0.1) is 0 Å². The van der Waals surface area contributed by atoms with Crippen molar-refractivity contribution in [2.24, 2.45) is 0 Å². The number of anilines is 1. The lowest BCUT2D eigenvalue weighted by molar-refractivity contribution is 0.416. The van der Waals surface area contributed by atoms with Gasteiger partial charge in [0.1, 0.15) is 11.4 Å². The van der Waals surface area contributed by atoms with E-state index in [1.54, 1.807) is 11.8 Å². The molecule has 0 fully saturated rings. The monoisotopic (exact) mass is 343 g/mol. The molecule has 0 spiro atoms. The topological polar surface area (TPSA) is 53.1 Å². The van der Waals surface area contributed by atoms with Crippen LogP contribution in [0.5, 0.6) is 5.75 Å². The van der Waals surface area contributed by atoms with Crippen molar-refractivity contribution in [3.8, 4) is 22.7 Å². The lowest BCUT2D eigenvalue weighted by atomic mass is 10.1. The van der Waals surface area contributed by atoms with E-state index >= 15 is 0 Å². The first-order chi connectivity index (χ1) is 10.2. The molecule has 0 aliphatic rings. The standard InChI is InChI=1S/C16H14BrN3O/c1-21-15-8-3-2-7-13(15)16-14(18)10-20(19-16)12-6-4-5-11(17)9-12/h2-10H,18H2,1H3. The van der Waals surface area contributed by atoms with E-state index in [1.165, 1.54) is 0 Å². The predicted molar refractivity (Wildman–Crippen MR) is 87.7 cm³/mol. The molecule has 1 aromatic heterocycles. The second kappa shape index (κ2) is 5.61. The van der Waals surface area contributed by atoms with Gasteiger partial charge in [0.2, 0.25) is 0 Å². The number of hydrogen-bond acceptors (Lipinski definition) is 3. The van der Waals surface area contributed by atoms with Gasteiger partial charge in [0, 0.05) is 10.0 Å². The zero-order chi connectivity index (χ0) is 14.8. The fraction of sp³-hybridized carbons (Fsp3) is 0.0625. The van der Waals surface area contributed by atoms with E-state index in [4.69, 9.17) is 10.5 Å². The maximum absolute atomic E-state index is 6.12. The SMILES string of the molecule is COc1ccccc1-c1nn(-c2cccc(Br)c2)cc1N. The zero-order valence-corrected chi connectivity index (χ0v) is 13.0. The molecule has 106 valence electrons. The highest BCUT2D eigenvalue weighted by Crippen LogP contribution is 2.32. The molecule has 4 nitrogen and oxygen atoms in total. The van der Waals surface area contributed by atoms with Gasteiger partial charge in [0.15, 0.2) is 0 Å². The average Bonchev–Trinajstić information content (AvgIpc) is 2.89. The minimum atomic E-state index is 0.611. The molecule has 21 heavy (non-hydrogen) atoms. The van der Waals surface area contributed by atoms with Crippen LogP contribution in [-0.4, -0.2) is 16.9 Å². The molecule has 2 N–H and O–H groups in total. The van der Waals surface area contributed by atoms with Crippen LogP contribution in [0.1, 0.15) is 0 Å². The van der Waals surface area contributed by atoms with Crippen LogP contribution in [0.2, 0.25) is 0 Å². The Bertz CT molecular complexity index is 783. The maximum atomic E-state index is 6.12. The Morgan fingerprint density at radius 3 is 2.71 bits per heavy atom. The van der Waals surface area contributed by atoms with Crippen LogP contribution in [-0.2, 0) is 0 Å². The van der Waals surface area contributed by atoms with Crippen molar-refractivity contribution < 1.29 is 4.74 Å². The van der Waals surface area contributed by atoms with Crippen molar-refractivity contribution in [1.82, 2.24) is 9.78 Å². The van der Waals surface area contributed by atoms with Gasteiger partial charge in [-0.3, -0.25) is 0 Å².